The number of sulfonamides is 1. The molecule has 1 aromatic heterocycles. The van der Waals surface area contributed by atoms with Crippen LogP contribution >= 0.6 is 0 Å². The molecule has 2 heterocycles. The van der Waals surface area contributed by atoms with Crippen LogP contribution in [0.1, 0.15) is 25.8 Å². The fourth-order valence-electron chi connectivity index (χ4n) is 2.60. The normalized spacial score (nSPS) is 18.1. The smallest absolute Gasteiger partial charge is 0.368 e. The molecular weight excluding hydrogens is 375 g/mol. The average molecular weight is 397 g/mol. The second-order valence-electron chi connectivity index (χ2n) is 5.70. The van der Waals surface area contributed by atoms with E-state index in [1.165, 1.54) is 10.5 Å². The third-order valence-electron chi connectivity index (χ3n) is 3.97. The Morgan fingerprint density at radius 2 is 1.85 bits per heavy atom. The van der Waals surface area contributed by atoms with Crippen LogP contribution in [0.5, 0.6) is 0 Å². The van der Waals surface area contributed by atoms with Gasteiger partial charge in [0.25, 0.3) is 0 Å². The van der Waals surface area contributed by atoms with Gasteiger partial charge < -0.3 is 4.90 Å². The van der Waals surface area contributed by atoms with Crippen LogP contribution in [0.15, 0.2) is 18.5 Å². The van der Waals surface area contributed by atoms with E-state index in [1.54, 1.807) is 18.7 Å². The van der Waals surface area contributed by atoms with Crippen LogP contribution in [0.4, 0.5) is 18.9 Å². The highest BCUT2D eigenvalue weighted by molar-refractivity contribution is 7.89. The SMILES string of the molecule is CCOOC(CC)S(=O)(=O)N1CCN(c2cncc(C(F)(F)F)c2)CC1. The van der Waals surface area contributed by atoms with Crippen molar-refractivity contribution < 1.29 is 31.4 Å². The van der Waals surface area contributed by atoms with Crippen molar-refractivity contribution in [1.29, 1.82) is 0 Å². The second kappa shape index (κ2) is 8.51. The van der Waals surface area contributed by atoms with Gasteiger partial charge >= 0.3 is 6.18 Å². The first-order chi connectivity index (χ1) is 12.2. The molecule has 0 amide bonds. The van der Waals surface area contributed by atoms with E-state index in [-0.39, 0.29) is 39.2 Å². The molecule has 0 spiro atoms. The molecule has 0 aliphatic carbocycles. The van der Waals surface area contributed by atoms with E-state index in [2.05, 4.69) is 4.98 Å². The van der Waals surface area contributed by atoms with Crippen molar-refractivity contribution in [3.63, 3.8) is 0 Å². The van der Waals surface area contributed by atoms with E-state index in [9.17, 15) is 21.6 Å². The predicted octanol–water partition coefficient (Wildman–Crippen LogP) is 2.26. The fraction of sp³-hybridized carbons (Fsp3) is 0.667. The molecule has 1 fully saturated rings. The molecule has 2 rings (SSSR count). The molecular formula is C15H22F3N3O4S. The van der Waals surface area contributed by atoms with Gasteiger partial charge in [-0.2, -0.15) is 17.5 Å². The minimum Gasteiger partial charge on any atom is -0.368 e. The van der Waals surface area contributed by atoms with Crippen LogP contribution < -0.4 is 4.90 Å². The molecule has 0 aromatic carbocycles. The molecule has 0 saturated carbocycles. The van der Waals surface area contributed by atoms with Gasteiger partial charge in [0, 0.05) is 32.4 Å². The average Bonchev–Trinajstić information content (AvgIpc) is 2.62. The lowest BCUT2D eigenvalue weighted by molar-refractivity contribution is -0.303. The summed E-state index contributed by atoms with van der Waals surface area (Å²) in [7, 11) is -3.72. The number of rotatable bonds is 7. The highest BCUT2D eigenvalue weighted by Gasteiger charge is 2.36. The molecule has 0 bridgehead atoms. The number of alkyl halides is 3. The summed E-state index contributed by atoms with van der Waals surface area (Å²) < 4.78 is 64.9. The molecule has 1 aliphatic heterocycles. The maximum Gasteiger partial charge on any atom is 0.417 e. The van der Waals surface area contributed by atoms with Gasteiger partial charge in [0.2, 0.25) is 15.5 Å². The Morgan fingerprint density at radius 3 is 2.38 bits per heavy atom. The van der Waals surface area contributed by atoms with E-state index < -0.39 is 27.2 Å². The molecule has 1 unspecified atom stereocenters. The molecule has 7 nitrogen and oxygen atoms in total. The Balaban J connectivity index is 2.05. The summed E-state index contributed by atoms with van der Waals surface area (Å²) in [5, 5.41) is 0. The summed E-state index contributed by atoms with van der Waals surface area (Å²) in [6, 6.07) is 1.02. The van der Waals surface area contributed by atoms with Gasteiger partial charge in [0.1, 0.15) is 0 Å². The van der Waals surface area contributed by atoms with Crippen molar-refractivity contribution in [2.24, 2.45) is 0 Å². The van der Waals surface area contributed by atoms with Gasteiger partial charge in [-0.1, -0.05) is 6.92 Å². The monoisotopic (exact) mass is 397 g/mol. The van der Waals surface area contributed by atoms with Crippen molar-refractivity contribution in [3.05, 3.63) is 24.0 Å². The first kappa shape index (κ1) is 20.9. The maximum atomic E-state index is 12.8. The number of piperazine rings is 1. The lowest BCUT2D eigenvalue weighted by atomic mass is 10.2. The fourth-order valence-corrected chi connectivity index (χ4v) is 4.18. The number of hydrogen-bond donors (Lipinski definition) is 0. The van der Waals surface area contributed by atoms with Crippen molar-refractivity contribution in [2.45, 2.75) is 31.9 Å². The summed E-state index contributed by atoms with van der Waals surface area (Å²) in [4.78, 5) is 15.0. The Bertz CT molecular complexity index is 692. The van der Waals surface area contributed by atoms with Crippen LogP contribution in [0.3, 0.4) is 0 Å². The number of hydrogen-bond acceptors (Lipinski definition) is 6. The zero-order chi connectivity index (χ0) is 19.4. The Labute approximate surface area is 150 Å². The van der Waals surface area contributed by atoms with Crippen LogP contribution in [0.2, 0.25) is 0 Å². The molecule has 11 heteroatoms. The van der Waals surface area contributed by atoms with Gasteiger partial charge in [-0.15, -0.1) is 0 Å². The quantitative estimate of drug-likeness (QED) is 0.519. The zero-order valence-corrected chi connectivity index (χ0v) is 15.4. The van der Waals surface area contributed by atoms with E-state index in [4.69, 9.17) is 9.78 Å². The topological polar surface area (TPSA) is 72.0 Å². The van der Waals surface area contributed by atoms with Gasteiger partial charge in [0.15, 0.2) is 0 Å². The first-order valence-electron chi connectivity index (χ1n) is 8.24. The largest absolute Gasteiger partial charge is 0.417 e. The van der Waals surface area contributed by atoms with Crippen molar-refractivity contribution in [2.75, 3.05) is 37.7 Å². The molecule has 0 N–H and O–H groups in total. The third kappa shape index (κ3) is 4.84. The predicted molar refractivity (Wildman–Crippen MR) is 88.7 cm³/mol. The molecule has 0 radical (unpaired) electrons. The lowest BCUT2D eigenvalue weighted by Crippen LogP contribution is -2.51. The van der Waals surface area contributed by atoms with Gasteiger partial charge in [-0.3, -0.25) is 4.98 Å². The number of nitrogens with zero attached hydrogens (tertiary/aromatic N) is 3. The molecule has 1 atom stereocenters. The van der Waals surface area contributed by atoms with E-state index in [0.717, 1.165) is 12.3 Å². The molecule has 1 saturated heterocycles. The van der Waals surface area contributed by atoms with E-state index in [1.807, 2.05) is 0 Å². The van der Waals surface area contributed by atoms with Crippen molar-refractivity contribution in [1.82, 2.24) is 9.29 Å². The van der Waals surface area contributed by atoms with Crippen LogP contribution in [-0.4, -0.2) is 55.9 Å². The zero-order valence-electron chi connectivity index (χ0n) is 14.6. The van der Waals surface area contributed by atoms with Crippen molar-refractivity contribution >= 4 is 15.7 Å². The van der Waals surface area contributed by atoms with E-state index in [0.29, 0.717) is 5.69 Å². The van der Waals surface area contributed by atoms with Crippen LogP contribution in [0, 0.1) is 0 Å². The number of halogens is 3. The number of anilines is 1. The lowest BCUT2D eigenvalue weighted by Gasteiger charge is -2.36. The van der Waals surface area contributed by atoms with Gasteiger partial charge in [-0.25, -0.2) is 18.2 Å². The first-order valence-corrected chi connectivity index (χ1v) is 9.74. The standard InChI is InChI=1S/C15H22F3N3O4S/c1-3-14(25-24-4-2)26(22,23)21-7-5-20(6-8-21)13-9-12(10-19-11-13)15(16,17)18/h9-11,14H,3-8H2,1-2H3. The molecule has 1 aromatic rings. The summed E-state index contributed by atoms with van der Waals surface area (Å²) in [6.07, 6.45) is -2.15. The highest BCUT2D eigenvalue weighted by Crippen LogP contribution is 2.31. The maximum absolute atomic E-state index is 12.8. The second-order valence-corrected chi connectivity index (χ2v) is 7.77. The minimum atomic E-state index is -4.47. The van der Waals surface area contributed by atoms with Crippen LogP contribution in [-0.2, 0) is 26.0 Å². The Hall–Kier alpha value is -1.43. The summed E-state index contributed by atoms with van der Waals surface area (Å²) >= 11 is 0. The van der Waals surface area contributed by atoms with Gasteiger partial charge in [-0.05, 0) is 19.4 Å². The third-order valence-corrected chi connectivity index (χ3v) is 6.13. The summed E-state index contributed by atoms with van der Waals surface area (Å²) in [6.45, 7) is 4.38. The molecule has 26 heavy (non-hydrogen) atoms. The highest BCUT2D eigenvalue weighted by atomic mass is 32.2. The molecule has 1 aliphatic rings. The number of aromatic nitrogens is 1. The number of pyridine rings is 1. The minimum absolute atomic E-state index is 0.143. The Morgan fingerprint density at radius 1 is 1.19 bits per heavy atom. The van der Waals surface area contributed by atoms with Gasteiger partial charge in [0.05, 0.1) is 24.1 Å². The Kier molecular flexibility index (Phi) is 6.83. The molecule has 148 valence electrons. The summed E-state index contributed by atoms with van der Waals surface area (Å²) in [5.74, 6) is 0. The summed E-state index contributed by atoms with van der Waals surface area (Å²) in [5.41, 5.74) is -1.63. The van der Waals surface area contributed by atoms with E-state index >= 15 is 0 Å². The van der Waals surface area contributed by atoms with Crippen LogP contribution in [0.25, 0.3) is 0 Å². The van der Waals surface area contributed by atoms with Crippen molar-refractivity contribution in [3.8, 4) is 0 Å².